The van der Waals surface area contributed by atoms with Crippen LogP contribution in [-0.2, 0) is 16.9 Å². The SMILES string of the molecule is CC(C)S(=O)(=O)c1ccccc1-c1nc2c(n1C)NCC(C(F)(F)F)=C2. The monoisotopic (exact) mass is 385 g/mol. The van der Waals surface area contributed by atoms with Gasteiger partial charge in [-0.25, -0.2) is 13.4 Å². The quantitative estimate of drug-likeness (QED) is 0.876. The van der Waals surface area contributed by atoms with E-state index in [2.05, 4.69) is 10.3 Å². The zero-order valence-electron chi connectivity index (χ0n) is 14.4. The third-order valence-electron chi connectivity index (χ3n) is 4.30. The molecule has 0 amide bonds. The van der Waals surface area contributed by atoms with Gasteiger partial charge in [0.15, 0.2) is 9.84 Å². The van der Waals surface area contributed by atoms with E-state index in [0.717, 1.165) is 6.08 Å². The molecule has 0 unspecified atom stereocenters. The van der Waals surface area contributed by atoms with Crippen LogP contribution in [0, 0.1) is 0 Å². The minimum Gasteiger partial charge on any atom is -0.366 e. The highest BCUT2D eigenvalue weighted by Crippen LogP contribution is 2.36. The number of fused-ring (bicyclic) bond motifs is 1. The summed E-state index contributed by atoms with van der Waals surface area (Å²) in [7, 11) is -1.94. The number of hydrogen-bond acceptors (Lipinski definition) is 4. The molecule has 1 aromatic heterocycles. The molecule has 1 aromatic carbocycles. The molecule has 1 aliphatic rings. The van der Waals surface area contributed by atoms with E-state index in [4.69, 9.17) is 0 Å². The summed E-state index contributed by atoms with van der Waals surface area (Å²) in [5, 5.41) is 2.09. The Morgan fingerprint density at radius 3 is 2.50 bits per heavy atom. The van der Waals surface area contributed by atoms with Crippen molar-refractivity contribution in [3.63, 3.8) is 0 Å². The number of aromatic nitrogens is 2. The van der Waals surface area contributed by atoms with Crippen LogP contribution in [0.4, 0.5) is 19.0 Å². The minimum atomic E-state index is -4.44. The molecule has 26 heavy (non-hydrogen) atoms. The zero-order chi connectivity index (χ0) is 19.3. The first-order chi connectivity index (χ1) is 12.0. The van der Waals surface area contributed by atoms with Gasteiger partial charge in [0.2, 0.25) is 0 Å². The number of sulfone groups is 1. The van der Waals surface area contributed by atoms with Gasteiger partial charge >= 0.3 is 6.18 Å². The molecule has 1 N–H and O–H groups in total. The second-order valence-corrected chi connectivity index (χ2v) is 8.81. The van der Waals surface area contributed by atoms with Crippen molar-refractivity contribution in [1.29, 1.82) is 0 Å². The Hall–Kier alpha value is -2.29. The summed E-state index contributed by atoms with van der Waals surface area (Å²) in [5.41, 5.74) is -0.225. The van der Waals surface area contributed by atoms with E-state index >= 15 is 0 Å². The van der Waals surface area contributed by atoms with Gasteiger partial charge in [-0.3, -0.25) is 0 Å². The Morgan fingerprint density at radius 1 is 1.23 bits per heavy atom. The highest BCUT2D eigenvalue weighted by atomic mass is 32.2. The van der Waals surface area contributed by atoms with E-state index in [1.165, 1.54) is 6.07 Å². The molecule has 0 radical (unpaired) electrons. The van der Waals surface area contributed by atoms with Gasteiger partial charge in [0, 0.05) is 19.2 Å². The summed E-state index contributed by atoms with van der Waals surface area (Å²) in [5.74, 6) is 0.715. The van der Waals surface area contributed by atoms with E-state index in [1.807, 2.05) is 0 Å². The third-order valence-corrected chi connectivity index (χ3v) is 6.51. The van der Waals surface area contributed by atoms with Crippen LogP contribution < -0.4 is 5.32 Å². The first-order valence-corrected chi connectivity index (χ1v) is 9.49. The molecule has 0 bridgehead atoms. The van der Waals surface area contributed by atoms with Gasteiger partial charge in [-0.2, -0.15) is 13.2 Å². The maximum atomic E-state index is 13.0. The van der Waals surface area contributed by atoms with Crippen LogP contribution in [-0.4, -0.2) is 35.9 Å². The molecule has 5 nitrogen and oxygen atoms in total. The fourth-order valence-electron chi connectivity index (χ4n) is 2.80. The molecule has 3 rings (SSSR count). The summed E-state index contributed by atoms with van der Waals surface area (Å²) < 4.78 is 65.7. The number of hydrogen-bond donors (Lipinski definition) is 1. The fourth-order valence-corrected chi connectivity index (χ4v) is 4.04. The summed E-state index contributed by atoms with van der Waals surface area (Å²) in [6, 6.07) is 6.38. The number of benzene rings is 1. The Bertz CT molecular complexity index is 989. The Labute approximate surface area is 149 Å². The molecule has 0 fully saturated rings. The molecule has 0 spiro atoms. The van der Waals surface area contributed by atoms with Gasteiger partial charge in [-0.1, -0.05) is 12.1 Å². The Morgan fingerprint density at radius 2 is 1.88 bits per heavy atom. The van der Waals surface area contributed by atoms with Crippen LogP contribution in [0.3, 0.4) is 0 Å². The molecule has 0 atom stereocenters. The number of imidazole rings is 1. The lowest BCUT2D eigenvalue weighted by atomic mass is 10.1. The zero-order valence-corrected chi connectivity index (χ0v) is 15.2. The van der Waals surface area contributed by atoms with E-state index in [-0.39, 0.29) is 17.1 Å². The van der Waals surface area contributed by atoms with Gasteiger partial charge < -0.3 is 9.88 Å². The lowest BCUT2D eigenvalue weighted by molar-refractivity contribution is -0.0909. The van der Waals surface area contributed by atoms with Gasteiger partial charge in [0.05, 0.1) is 15.7 Å². The van der Waals surface area contributed by atoms with E-state index in [1.54, 1.807) is 43.7 Å². The largest absolute Gasteiger partial charge is 0.414 e. The second-order valence-electron chi connectivity index (χ2n) is 6.34. The van der Waals surface area contributed by atoms with E-state index < -0.39 is 26.8 Å². The predicted octanol–water partition coefficient (Wildman–Crippen LogP) is 3.64. The predicted molar refractivity (Wildman–Crippen MR) is 93.5 cm³/mol. The Kier molecular flexibility index (Phi) is 4.38. The van der Waals surface area contributed by atoms with Crippen LogP contribution in [0.15, 0.2) is 34.7 Å². The van der Waals surface area contributed by atoms with Crippen molar-refractivity contribution in [3.8, 4) is 11.4 Å². The van der Waals surface area contributed by atoms with Gasteiger partial charge in [-0.05, 0) is 32.1 Å². The number of rotatable bonds is 3. The maximum absolute atomic E-state index is 13.0. The molecule has 0 saturated carbocycles. The van der Waals surface area contributed by atoms with Gasteiger partial charge in [-0.15, -0.1) is 0 Å². The maximum Gasteiger partial charge on any atom is 0.414 e. The van der Waals surface area contributed by atoms with Crippen LogP contribution in [0.5, 0.6) is 0 Å². The summed E-state index contributed by atoms with van der Waals surface area (Å²) in [4.78, 5) is 4.39. The van der Waals surface area contributed by atoms with Crippen molar-refractivity contribution in [2.24, 2.45) is 7.05 Å². The van der Waals surface area contributed by atoms with Gasteiger partial charge in [0.25, 0.3) is 0 Å². The summed E-state index contributed by atoms with van der Waals surface area (Å²) in [6.45, 7) is 2.80. The standard InChI is InChI=1S/C17H18F3N3O2S/c1-10(2)26(24,25)14-7-5-4-6-12(14)15-22-13-8-11(17(18,19)20)9-21-16(13)23(15)3/h4-8,10,21H,9H2,1-3H3. The average Bonchev–Trinajstić information content (AvgIpc) is 2.90. The molecule has 0 saturated heterocycles. The number of alkyl halides is 3. The molecular formula is C17H18F3N3O2S. The first kappa shape index (κ1) is 18.5. The van der Waals surface area contributed by atoms with E-state index in [0.29, 0.717) is 17.2 Å². The highest BCUT2D eigenvalue weighted by Gasteiger charge is 2.36. The molecular weight excluding hydrogens is 367 g/mol. The average molecular weight is 385 g/mol. The smallest absolute Gasteiger partial charge is 0.366 e. The number of nitrogens with one attached hydrogen (secondary N) is 1. The number of nitrogens with zero attached hydrogens (tertiary/aromatic N) is 2. The fraction of sp³-hybridized carbons (Fsp3) is 0.353. The molecule has 2 aromatic rings. The van der Waals surface area contributed by atoms with E-state index in [9.17, 15) is 21.6 Å². The summed E-state index contributed by atoms with van der Waals surface area (Å²) >= 11 is 0. The molecule has 0 aliphatic carbocycles. The van der Waals surface area contributed by atoms with Crippen molar-refractivity contribution < 1.29 is 21.6 Å². The lowest BCUT2D eigenvalue weighted by Gasteiger charge is -2.18. The topological polar surface area (TPSA) is 64.0 Å². The number of halogens is 3. The second kappa shape index (κ2) is 6.15. The highest BCUT2D eigenvalue weighted by molar-refractivity contribution is 7.92. The molecule has 9 heteroatoms. The summed E-state index contributed by atoms with van der Waals surface area (Å²) in [6.07, 6.45) is -3.45. The third kappa shape index (κ3) is 3.00. The first-order valence-electron chi connectivity index (χ1n) is 7.95. The Balaban J connectivity index is 2.18. The van der Waals surface area contributed by atoms with Crippen LogP contribution in [0.2, 0.25) is 0 Å². The van der Waals surface area contributed by atoms with Crippen LogP contribution >= 0.6 is 0 Å². The normalized spacial score (nSPS) is 14.8. The van der Waals surface area contributed by atoms with Crippen molar-refractivity contribution in [1.82, 2.24) is 9.55 Å². The van der Waals surface area contributed by atoms with Gasteiger partial charge in [0.1, 0.15) is 17.3 Å². The number of anilines is 1. The minimum absolute atomic E-state index is 0.112. The van der Waals surface area contributed by atoms with Crippen molar-refractivity contribution in [3.05, 3.63) is 35.5 Å². The van der Waals surface area contributed by atoms with Crippen molar-refractivity contribution in [2.75, 3.05) is 11.9 Å². The molecule has 2 heterocycles. The van der Waals surface area contributed by atoms with Crippen molar-refractivity contribution >= 4 is 21.7 Å². The van der Waals surface area contributed by atoms with Crippen LogP contribution in [0.1, 0.15) is 19.5 Å². The van der Waals surface area contributed by atoms with Crippen LogP contribution in [0.25, 0.3) is 17.5 Å². The molecule has 140 valence electrons. The van der Waals surface area contributed by atoms with Crippen molar-refractivity contribution in [2.45, 2.75) is 30.2 Å². The molecule has 1 aliphatic heterocycles. The lowest BCUT2D eigenvalue weighted by Crippen LogP contribution is -2.23.